The van der Waals surface area contributed by atoms with Crippen molar-refractivity contribution in [1.29, 1.82) is 5.26 Å². The lowest BCUT2D eigenvalue weighted by molar-refractivity contribution is -0.141. The molecule has 4 nitrogen and oxygen atoms in total. The number of halogens is 1. The van der Waals surface area contributed by atoms with E-state index in [1.165, 1.54) is 57.1 Å². The zero-order valence-electron chi connectivity index (χ0n) is 18.1. The van der Waals surface area contributed by atoms with Crippen molar-refractivity contribution >= 4 is 5.97 Å². The Bertz CT molecular complexity index is 728. The standard InChI is InChI=1S/C25H34FNO3/c1-2-3-4-18-5-7-19(8-6-18)17-29-22-12-9-20(10-13-22)25(28)30-23-14-11-21(16-27)24(26)15-23/h11,14-15,18-20,22H,2-10,12-13,17H2,1H3/t18-,19-,20-,22-. The number of carbonyl (C=O) groups excluding carboxylic acids is 1. The smallest absolute Gasteiger partial charge is 0.314 e. The van der Waals surface area contributed by atoms with Crippen LogP contribution in [0.5, 0.6) is 5.75 Å². The molecule has 0 aromatic heterocycles. The number of ether oxygens (including phenoxy) is 2. The van der Waals surface area contributed by atoms with Crippen LogP contribution >= 0.6 is 0 Å². The van der Waals surface area contributed by atoms with Crippen LogP contribution in [0.15, 0.2) is 18.2 Å². The van der Waals surface area contributed by atoms with Crippen LogP contribution in [-0.4, -0.2) is 18.7 Å². The average Bonchev–Trinajstić information content (AvgIpc) is 2.77. The van der Waals surface area contributed by atoms with Crippen molar-refractivity contribution in [3.63, 3.8) is 0 Å². The van der Waals surface area contributed by atoms with Gasteiger partial charge >= 0.3 is 5.97 Å². The summed E-state index contributed by atoms with van der Waals surface area (Å²) in [7, 11) is 0. The molecule has 0 saturated heterocycles. The van der Waals surface area contributed by atoms with Gasteiger partial charge in [-0.3, -0.25) is 4.79 Å². The van der Waals surface area contributed by atoms with E-state index < -0.39 is 5.82 Å². The molecule has 0 unspecified atom stereocenters. The molecule has 0 heterocycles. The first-order valence-electron chi connectivity index (χ1n) is 11.6. The molecule has 1 aromatic rings. The van der Waals surface area contributed by atoms with Crippen molar-refractivity contribution in [2.45, 2.75) is 83.7 Å². The molecule has 5 heteroatoms. The molecule has 0 spiro atoms. The lowest BCUT2D eigenvalue weighted by Crippen LogP contribution is -2.30. The molecule has 0 aliphatic heterocycles. The second-order valence-corrected chi connectivity index (χ2v) is 9.01. The summed E-state index contributed by atoms with van der Waals surface area (Å²) < 4.78 is 25.2. The van der Waals surface area contributed by atoms with Crippen LogP contribution in [0, 0.1) is 34.9 Å². The topological polar surface area (TPSA) is 59.3 Å². The van der Waals surface area contributed by atoms with Crippen molar-refractivity contribution in [2.24, 2.45) is 17.8 Å². The lowest BCUT2D eigenvalue weighted by Gasteiger charge is -2.31. The Hall–Kier alpha value is -1.93. The van der Waals surface area contributed by atoms with E-state index in [9.17, 15) is 9.18 Å². The van der Waals surface area contributed by atoms with E-state index in [4.69, 9.17) is 14.7 Å². The number of esters is 1. The number of hydrogen-bond donors (Lipinski definition) is 0. The van der Waals surface area contributed by atoms with Gasteiger partial charge in [0.2, 0.25) is 0 Å². The third kappa shape index (κ3) is 6.54. The van der Waals surface area contributed by atoms with Crippen molar-refractivity contribution in [3.8, 4) is 11.8 Å². The van der Waals surface area contributed by atoms with Crippen LogP contribution < -0.4 is 4.74 Å². The lowest BCUT2D eigenvalue weighted by atomic mass is 9.80. The minimum atomic E-state index is -0.667. The maximum Gasteiger partial charge on any atom is 0.314 e. The van der Waals surface area contributed by atoms with Crippen molar-refractivity contribution in [1.82, 2.24) is 0 Å². The molecule has 0 bridgehead atoms. The fraction of sp³-hybridized carbons (Fsp3) is 0.680. The van der Waals surface area contributed by atoms with Gasteiger partial charge in [0.05, 0.1) is 17.6 Å². The molecular weight excluding hydrogens is 381 g/mol. The van der Waals surface area contributed by atoms with Gasteiger partial charge in [-0.15, -0.1) is 0 Å². The van der Waals surface area contributed by atoms with Gasteiger partial charge in [-0.1, -0.05) is 39.0 Å². The monoisotopic (exact) mass is 415 g/mol. The molecule has 2 aliphatic rings. The van der Waals surface area contributed by atoms with E-state index in [1.807, 2.05) is 0 Å². The summed E-state index contributed by atoms with van der Waals surface area (Å²) in [5.74, 6) is 0.619. The Balaban J connectivity index is 1.34. The maximum absolute atomic E-state index is 13.7. The summed E-state index contributed by atoms with van der Waals surface area (Å²) in [5, 5.41) is 8.78. The molecule has 1 aromatic carbocycles. The quantitative estimate of drug-likeness (QED) is 0.376. The summed E-state index contributed by atoms with van der Waals surface area (Å²) >= 11 is 0. The molecule has 0 N–H and O–H groups in total. The first kappa shape index (κ1) is 22.7. The molecule has 2 fully saturated rings. The van der Waals surface area contributed by atoms with Gasteiger partial charge in [-0.2, -0.15) is 5.26 Å². The fourth-order valence-electron chi connectivity index (χ4n) is 4.77. The predicted molar refractivity (Wildman–Crippen MR) is 113 cm³/mol. The Morgan fingerprint density at radius 2 is 1.80 bits per heavy atom. The number of rotatable bonds is 8. The van der Waals surface area contributed by atoms with E-state index >= 15 is 0 Å². The zero-order chi connectivity index (χ0) is 21.3. The van der Waals surface area contributed by atoms with Crippen molar-refractivity contribution in [3.05, 3.63) is 29.6 Å². The first-order valence-corrected chi connectivity index (χ1v) is 11.6. The number of unbranched alkanes of at least 4 members (excludes halogenated alkanes) is 1. The highest BCUT2D eigenvalue weighted by molar-refractivity contribution is 5.75. The van der Waals surface area contributed by atoms with Gasteiger partial charge in [0.15, 0.2) is 0 Å². The van der Waals surface area contributed by atoms with Crippen molar-refractivity contribution in [2.75, 3.05) is 6.61 Å². The van der Waals surface area contributed by atoms with Crippen LogP contribution in [0.2, 0.25) is 0 Å². The number of nitrogens with zero attached hydrogens (tertiary/aromatic N) is 1. The summed E-state index contributed by atoms with van der Waals surface area (Å²) in [6.45, 7) is 3.12. The van der Waals surface area contributed by atoms with Crippen LogP contribution in [-0.2, 0) is 9.53 Å². The normalized spacial score (nSPS) is 26.7. The minimum Gasteiger partial charge on any atom is -0.426 e. The van der Waals surface area contributed by atoms with Gasteiger partial charge in [0.1, 0.15) is 17.6 Å². The minimum absolute atomic E-state index is 0.0538. The van der Waals surface area contributed by atoms with Gasteiger partial charge in [0.25, 0.3) is 0 Å². The molecule has 30 heavy (non-hydrogen) atoms. The van der Waals surface area contributed by atoms with Gasteiger partial charge < -0.3 is 9.47 Å². The van der Waals surface area contributed by atoms with E-state index in [1.54, 1.807) is 6.07 Å². The first-order chi connectivity index (χ1) is 14.6. The zero-order valence-corrected chi connectivity index (χ0v) is 18.1. The van der Waals surface area contributed by atoms with E-state index in [0.717, 1.165) is 44.3 Å². The van der Waals surface area contributed by atoms with Crippen LogP contribution in [0.4, 0.5) is 4.39 Å². The van der Waals surface area contributed by atoms with Gasteiger partial charge in [-0.25, -0.2) is 4.39 Å². The van der Waals surface area contributed by atoms with E-state index in [0.29, 0.717) is 5.92 Å². The van der Waals surface area contributed by atoms with E-state index in [-0.39, 0.29) is 29.3 Å². The summed E-state index contributed by atoms with van der Waals surface area (Å²) in [6, 6.07) is 5.66. The number of benzene rings is 1. The predicted octanol–water partition coefficient (Wildman–Crippen LogP) is 6.17. The summed E-state index contributed by atoms with van der Waals surface area (Å²) in [6.07, 6.45) is 12.8. The molecule has 3 rings (SSSR count). The Morgan fingerprint density at radius 1 is 1.10 bits per heavy atom. The average molecular weight is 416 g/mol. The summed E-state index contributed by atoms with van der Waals surface area (Å²) in [4.78, 5) is 12.4. The molecule has 164 valence electrons. The Labute approximate surface area is 179 Å². The number of hydrogen-bond acceptors (Lipinski definition) is 4. The second kappa shape index (κ2) is 11.5. The molecule has 0 atom stereocenters. The largest absolute Gasteiger partial charge is 0.426 e. The third-order valence-corrected chi connectivity index (χ3v) is 6.79. The second-order valence-electron chi connectivity index (χ2n) is 9.01. The van der Waals surface area contributed by atoms with Crippen LogP contribution in [0.1, 0.15) is 83.1 Å². The molecule has 0 radical (unpaired) electrons. The SMILES string of the molecule is CCCC[C@H]1CC[C@H](CO[C@H]2CC[C@H](C(=O)Oc3ccc(C#N)c(F)c3)CC2)CC1. The number of nitriles is 1. The van der Waals surface area contributed by atoms with Gasteiger partial charge in [-0.05, 0) is 62.5 Å². The summed E-state index contributed by atoms with van der Waals surface area (Å²) in [5.41, 5.74) is -0.0538. The molecular formula is C25H34FNO3. The fourth-order valence-corrected chi connectivity index (χ4v) is 4.77. The molecule has 0 amide bonds. The van der Waals surface area contributed by atoms with Crippen LogP contribution in [0.25, 0.3) is 0 Å². The highest BCUT2D eigenvalue weighted by Crippen LogP contribution is 2.33. The Morgan fingerprint density at radius 3 is 2.43 bits per heavy atom. The highest BCUT2D eigenvalue weighted by atomic mass is 19.1. The number of carbonyl (C=O) groups is 1. The molecule has 2 aliphatic carbocycles. The van der Waals surface area contributed by atoms with Gasteiger partial charge in [0, 0.05) is 12.7 Å². The highest BCUT2D eigenvalue weighted by Gasteiger charge is 2.29. The third-order valence-electron chi connectivity index (χ3n) is 6.79. The van der Waals surface area contributed by atoms with E-state index in [2.05, 4.69) is 6.92 Å². The molecule has 2 saturated carbocycles. The van der Waals surface area contributed by atoms with Crippen LogP contribution in [0.3, 0.4) is 0 Å². The van der Waals surface area contributed by atoms with Crippen molar-refractivity contribution < 1.29 is 18.7 Å². The maximum atomic E-state index is 13.7. The Kier molecular flexibility index (Phi) is 8.69.